The fourth-order valence-corrected chi connectivity index (χ4v) is 4.29. The van der Waals surface area contributed by atoms with Crippen molar-refractivity contribution in [2.45, 2.75) is 18.8 Å². The molecule has 0 spiro atoms. The second-order valence-corrected chi connectivity index (χ2v) is 8.18. The molecule has 0 aliphatic carbocycles. The van der Waals surface area contributed by atoms with Gasteiger partial charge in [-0.1, -0.05) is 35.9 Å². The average molecular weight is 392 g/mol. The van der Waals surface area contributed by atoms with Crippen LogP contribution in [-0.2, 0) is 21.4 Å². The largest absolute Gasteiger partial charge is 0.352 e. The molecule has 1 aliphatic heterocycles. The Kier molecular flexibility index (Phi) is 5.73. The lowest BCUT2D eigenvalue weighted by atomic mass is 10.1. The monoisotopic (exact) mass is 392 g/mol. The first kappa shape index (κ1) is 19.3. The Morgan fingerprint density at radius 2 is 1.89 bits per heavy atom. The van der Waals surface area contributed by atoms with E-state index in [-0.39, 0.29) is 13.1 Å². The number of rotatable bonds is 6. The van der Waals surface area contributed by atoms with E-state index in [9.17, 15) is 17.6 Å². The highest BCUT2D eigenvalue weighted by Crippen LogP contribution is 2.19. The molecule has 7 nitrogen and oxygen atoms in total. The van der Waals surface area contributed by atoms with Crippen LogP contribution in [0.1, 0.15) is 11.1 Å². The number of carbonyl (C=O) groups excluding carboxylic acids is 1. The first-order chi connectivity index (χ1) is 12.9. The summed E-state index contributed by atoms with van der Waals surface area (Å²) >= 11 is 0. The fourth-order valence-electron chi connectivity index (χ4n) is 2.81. The number of hydrogen-bond acceptors (Lipinski definition) is 5. The van der Waals surface area contributed by atoms with Crippen molar-refractivity contribution in [3.63, 3.8) is 0 Å². The van der Waals surface area contributed by atoms with E-state index in [1.165, 1.54) is 6.07 Å². The molecule has 27 heavy (non-hydrogen) atoms. The zero-order chi connectivity index (χ0) is 19.4. The Morgan fingerprint density at radius 3 is 2.59 bits per heavy atom. The Morgan fingerprint density at radius 1 is 1.19 bits per heavy atom. The molecule has 0 saturated carbocycles. The standard InChI is InChI=1S/C18H21FN4O3S/c1-12-6-8-14(9-7-12)23-27(25,26)18-15(11-21-22-18)17(24)20-10-13-4-2-3-5-16(13)19/h2-9,15,18,21-23H,10-11H2,1H3,(H,20,24). The summed E-state index contributed by atoms with van der Waals surface area (Å²) in [4.78, 5) is 12.5. The second-order valence-electron chi connectivity index (χ2n) is 6.37. The molecule has 0 bridgehead atoms. The highest BCUT2D eigenvalue weighted by Gasteiger charge is 2.41. The molecule has 2 atom stereocenters. The van der Waals surface area contributed by atoms with Gasteiger partial charge in [-0.05, 0) is 25.1 Å². The SMILES string of the molecule is Cc1ccc(NS(=O)(=O)C2NNCC2C(=O)NCc2ccccc2F)cc1. The molecule has 9 heteroatoms. The van der Waals surface area contributed by atoms with Gasteiger partial charge in [-0.25, -0.2) is 18.2 Å². The summed E-state index contributed by atoms with van der Waals surface area (Å²) in [6.45, 7) is 2.03. The molecule has 0 aromatic heterocycles. The van der Waals surface area contributed by atoms with Crippen molar-refractivity contribution in [1.82, 2.24) is 16.2 Å². The predicted molar refractivity (Wildman–Crippen MR) is 100 cm³/mol. The molecule has 0 radical (unpaired) electrons. The molecule has 1 aliphatic rings. The quantitative estimate of drug-likeness (QED) is 0.593. The molecule has 144 valence electrons. The van der Waals surface area contributed by atoms with Gasteiger partial charge in [-0.15, -0.1) is 0 Å². The molecule has 2 aromatic rings. The maximum Gasteiger partial charge on any atom is 0.250 e. The van der Waals surface area contributed by atoms with E-state index in [4.69, 9.17) is 0 Å². The van der Waals surface area contributed by atoms with Gasteiger partial charge in [0.2, 0.25) is 5.91 Å². The lowest BCUT2D eigenvalue weighted by Crippen LogP contribution is -2.46. The summed E-state index contributed by atoms with van der Waals surface area (Å²) in [5, 5.41) is 1.45. The molecule has 3 rings (SSSR count). The molecule has 2 aromatic carbocycles. The first-order valence-electron chi connectivity index (χ1n) is 8.44. The molecule has 1 fully saturated rings. The zero-order valence-electron chi connectivity index (χ0n) is 14.7. The highest BCUT2D eigenvalue weighted by molar-refractivity contribution is 7.93. The van der Waals surface area contributed by atoms with Gasteiger partial charge in [0.25, 0.3) is 10.0 Å². The maximum absolute atomic E-state index is 13.7. The highest BCUT2D eigenvalue weighted by atomic mass is 32.2. The summed E-state index contributed by atoms with van der Waals surface area (Å²) in [5.74, 6) is -1.76. The number of aryl methyl sites for hydroxylation is 1. The van der Waals surface area contributed by atoms with Crippen molar-refractivity contribution >= 4 is 21.6 Å². The van der Waals surface area contributed by atoms with Crippen LogP contribution in [0.5, 0.6) is 0 Å². The van der Waals surface area contributed by atoms with Gasteiger partial charge in [-0.2, -0.15) is 0 Å². The smallest absolute Gasteiger partial charge is 0.250 e. The zero-order valence-corrected chi connectivity index (χ0v) is 15.5. The van der Waals surface area contributed by atoms with Gasteiger partial charge >= 0.3 is 0 Å². The minimum absolute atomic E-state index is 0.0137. The van der Waals surface area contributed by atoms with Crippen molar-refractivity contribution in [2.24, 2.45) is 5.92 Å². The summed E-state index contributed by atoms with van der Waals surface area (Å²) in [6, 6.07) is 13.0. The summed E-state index contributed by atoms with van der Waals surface area (Å²) in [7, 11) is -3.87. The van der Waals surface area contributed by atoms with E-state index in [0.717, 1.165) is 5.56 Å². The minimum atomic E-state index is -3.87. The first-order valence-corrected chi connectivity index (χ1v) is 9.99. The topological polar surface area (TPSA) is 99.3 Å². The van der Waals surface area contributed by atoms with Crippen LogP contribution < -0.4 is 20.9 Å². The number of hydrazine groups is 1. The average Bonchev–Trinajstić information content (AvgIpc) is 3.13. The lowest BCUT2D eigenvalue weighted by Gasteiger charge is -2.19. The van der Waals surface area contributed by atoms with Crippen LogP contribution in [0.2, 0.25) is 0 Å². The fraction of sp³-hybridized carbons (Fsp3) is 0.278. The van der Waals surface area contributed by atoms with E-state index < -0.39 is 33.0 Å². The molecule has 1 amide bonds. The number of halogens is 1. The number of hydrogen-bond donors (Lipinski definition) is 4. The molecule has 2 unspecified atom stereocenters. The number of sulfonamides is 1. The third-order valence-electron chi connectivity index (χ3n) is 4.33. The van der Waals surface area contributed by atoms with E-state index >= 15 is 0 Å². The molecular weight excluding hydrogens is 371 g/mol. The van der Waals surface area contributed by atoms with Crippen LogP contribution in [0.3, 0.4) is 0 Å². The van der Waals surface area contributed by atoms with Gasteiger partial charge in [0.05, 0.1) is 5.92 Å². The van der Waals surface area contributed by atoms with Gasteiger partial charge in [0, 0.05) is 24.3 Å². The second kappa shape index (κ2) is 8.03. The lowest BCUT2D eigenvalue weighted by molar-refractivity contribution is -0.124. The Hall–Kier alpha value is -2.49. The molecule has 1 saturated heterocycles. The van der Waals surface area contributed by atoms with Crippen molar-refractivity contribution in [2.75, 3.05) is 11.3 Å². The van der Waals surface area contributed by atoms with Crippen LogP contribution in [0.25, 0.3) is 0 Å². The van der Waals surface area contributed by atoms with Crippen molar-refractivity contribution in [3.8, 4) is 0 Å². The van der Waals surface area contributed by atoms with Gasteiger partial charge in [0.1, 0.15) is 5.82 Å². The summed E-state index contributed by atoms with van der Waals surface area (Å²) in [6.07, 6.45) is 0. The van der Waals surface area contributed by atoms with Crippen molar-refractivity contribution in [3.05, 3.63) is 65.5 Å². The minimum Gasteiger partial charge on any atom is -0.352 e. The van der Waals surface area contributed by atoms with Crippen molar-refractivity contribution in [1.29, 1.82) is 0 Å². The Balaban J connectivity index is 1.67. The van der Waals surface area contributed by atoms with E-state index in [2.05, 4.69) is 20.9 Å². The van der Waals surface area contributed by atoms with Crippen LogP contribution in [0.4, 0.5) is 10.1 Å². The van der Waals surface area contributed by atoms with Crippen LogP contribution in [0, 0.1) is 18.7 Å². The number of benzene rings is 2. The van der Waals surface area contributed by atoms with E-state index in [1.54, 1.807) is 42.5 Å². The van der Waals surface area contributed by atoms with E-state index in [0.29, 0.717) is 11.3 Å². The van der Waals surface area contributed by atoms with Crippen LogP contribution in [0.15, 0.2) is 48.5 Å². The molecule has 4 N–H and O–H groups in total. The Bertz CT molecular complexity index is 918. The third kappa shape index (κ3) is 4.62. The predicted octanol–water partition coefficient (Wildman–Crippen LogP) is 1.24. The summed E-state index contributed by atoms with van der Waals surface area (Å²) in [5.41, 5.74) is 7.10. The van der Waals surface area contributed by atoms with E-state index in [1.807, 2.05) is 6.92 Å². The van der Waals surface area contributed by atoms with Crippen LogP contribution >= 0.6 is 0 Å². The number of anilines is 1. The number of nitrogens with one attached hydrogen (secondary N) is 4. The summed E-state index contributed by atoms with van der Waals surface area (Å²) < 4.78 is 41.5. The van der Waals surface area contributed by atoms with Crippen LogP contribution in [-0.4, -0.2) is 26.2 Å². The number of carbonyl (C=O) groups is 1. The van der Waals surface area contributed by atoms with Gasteiger partial charge in [-0.3, -0.25) is 14.9 Å². The normalized spacial score (nSPS) is 19.6. The maximum atomic E-state index is 13.7. The molecule has 1 heterocycles. The number of amides is 1. The van der Waals surface area contributed by atoms with Gasteiger partial charge < -0.3 is 5.32 Å². The third-order valence-corrected chi connectivity index (χ3v) is 5.96. The van der Waals surface area contributed by atoms with Crippen molar-refractivity contribution < 1.29 is 17.6 Å². The van der Waals surface area contributed by atoms with Gasteiger partial charge in [0.15, 0.2) is 5.37 Å². The Labute approximate surface area is 157 Å². The molecular formula is C18H21FN4O3S.